The number of aryl methyl sites for hydroxylation is 1. The van der Waals surface area contributed by atoms with Crippen molar-refractivity contribution in [3.63, 3.8) is 0 Å². The molecule has 0 bridgehead atoms. The van der Waals surface area contributed by atoms with Crippen molar-refractivity contribution in [3.05, 3.63) is 75.4 Å². The van der Waals surface area contributed by atoms with Crippen molar-refractivity contribution >= 4 is 34.3 Å². The second-order valence-electron chi connectivity index (χ2n) is 6.28. The molecule has 0 aliphatic heterocycles. The standard InChI is InChI=1S/C21H18ClN3O2S/c1-3-25-20(26)16-6-4-5-7-17(16)24-21(25)28-12-18-13(2)27-19(23-18)14-8-10-15(22)11-9-14/h4-11H,3,12H2,1-2H3. The van der Waals surface area contributed by atoms with Crippen LogP contribution in [0, 0.1) is 6.92 Å². The Labute approximate surface area is 171 Å². The molecule has 28 heavy (non-hydrogen) atoms. The normalized spacial score (nSPS) is 11.2. The summed E-state index contributed by atoms with van der Waals surface area (Å²) in [6, 6.07) is 14.8. The van der Waals surface area contributed by atoms with Gasteiger partial charge in [0.2, 0.25) is 5.89 Å². The molecule has 5 nitrogen and oxygen atoms in total. The van der Waals surface area contributed by atoms with Crippen LogP contribution in [0.1, 0.15) is 18.4 Å². The van der Waals surface area contributed by atoms with E-state index in [1.165, 1.54) is 11.8 Å². The second kappa shape index (κ2) is 7.81. The number of hydrogen-bond donors (Lipinski definition) is 0. The molecule has 2 heterocycles. The summed E-state index contributed by atoms with van der Waals surface area (Å²) in [6.07, 6.45) is 0. The fourth-order valence-electron chi connectivity index (χ4n) is 2.95. The molecule has 7 heteroatoms. The summed E-state index contributed by atoms with van der Waals surface area (Å²) in [5.74, 6) is 1.88. The summed E-state index contributed by atoms with van der Waals surface area (Å²) in [4.78, 5) is 22.0. The third-order valence-corrected chi connectivity index (χ3v) is 5.70. The Hall–Kier alpha value is -2.57. The maximum Gasteiger partial charge on any atom is 0.262 e. The van der Waals surface area contributed by atoms with Crippen LogP contribution in [-0.4, -0.2) is 14.5 Å². The number of rotatable bonds is 5. The molecule has 0 amide bonds. The third kappa shape index (κ3) is 3.57. The lowest BCUT2D eigenvalue weighted by atomic mass is 10.2. The Morgan fingerprint density at radius 2 is 1.86 bits per heavy atom. The van der Waals surface area contributed by atoms with E-state index in [1.807, 2.05) is 62.4 Å². The van der Waals surface area contributed by atoms with Gasteiger partial charge in [0.25, 0.3) is 5.56 Å². The number of fused-ring (bicyclic) bond motifs is 1. The van der Waals surface area contributed by atoms with Gasteiger partial charge in [-0.15, -0.1) is 0 Å². The van der Waals surface area contributed by atoms with Crippen LogP contribution in [0.2, 0.25) is 5.02 Å². The summed E-state index contributed by atoms with van der Waals surface area (Å²) in [5, 5.41) is 1.99. The molecule has 0 fully saturated rings. The third-order valence-electron chi connectivity index (χ3n) is 4.46. The maximum atomic E-state index is 12.7. The highest BCUT2D eigenvalue weighted by molar-refractivity contribution is 7.98. The van der Waals surface area contributed by atoms with Gasteiger partial charge in [-0.05, 0) is 50.2 Å². The van der Waals surface area contributed by atoms with E-state index in [0.29, 0.717) is 39.3 Å². The minimum absolute atomic E-state index is 0.0191. The zero-order chi connectivity index (χ0) is 19.7. The van der Waals surface area contributed by atoms with Crippen LogP contribution in [0.4, 0.5) is 0 Å². The molecular weight excluding hydrogens is 394 g/mol. The Balaban J connectivity index is 1.63. The fraction of sp³-hybridized carbons (Fsp3) is 0.190. The van der Waals surface area contributed by atoms with Crippen LogP contribution in [0.15, 0.2) is 62.9 Å². The average Bonchev–Trinajstić information content (AvgIpc) is 3.07. The van der Waals surface area contributed by atoms with E-state index < -0.39 is 0 Å². The molecule has 0 aliphatic rings. The quantitative estimate of drug-likeness (QED) is 0.328. The van der Waals surface area contributed by atoms with Crippen molar-refractivity contribution in [3.8, 4) is 11.5 Å². The van der Waals surface area contributed by atoms with E-state index in [1.54, 1.807) is 4.57 Å². The number of aromatic nitrogens is 3. The minimum Gasteiger partial charge on any atom is -0.441 e. The predicted molar refractivity (Wildman–Crippen MR) is 113 cm³/mol. The summed E-state index contributed by atoms with van der Waals surface area (Å²) >= 11 is 7.43. The highest BCUT2D eigenvalue weighted by atomic mass is 35.5. The fourth-order valence-corrected chi connectivity index (χ4v) is 4.14. The smallest absolute Gasteiger partial charge is 0.262 e. The van der Waals surface area contributed by atoms with Crippen molar-refractivity contribution in [2.75, 3.05) is 0 Å². The molecule has 0 spiro atoms. The Kier molecular flexibility index (Phi) is 5.24. The van der Waals surface area contributed by atoms with Crippen molar-refractivity contribution in [2.24, 2.45) is 0 Å². The van der Waals surface area contributed by atoms with Gasteiger partial charge in [0, 0.05) is 22.9 Å². The van der Waals surface area contributed by atoms with Gasteiger partial charge in [0.05, 0.1) is 16.6 Å². The van der Waals surface area contributed by atoms with Crippen LogP contribution in [0.5, 0.6) is 0 Å². The van der Waals surface area contributed by atoms with Crippen LogP contribution in [0.3, 0.4) is 0 Å². The highest BCUT2D eigenvalue weighted by Gasteiger charge is 2.15. The topological polar surface area (TPSA) is 60.9 Å². The molecule has 0 saturated heterocycles. The lowest BCUT2D eigenvalue weighted by Crippen LogP contribution is -2.22. The highest BCUT2D eigenvalue weighted by Crippen LogP contribution is 2.28. The van der Waals surface area contributed by atoms with Gasteiger partial charge in [-0.1, -0.05) is 35.5 Å². The van der Waals surface area contributed by atoms with Gasteiger partial charge in [-0.25, -0.2) is 9.97 Å². The van der Waals surface area contributed by atoms with E-state index >= 15 is 0 Å². The molecule has 4 rings (SSSR count). The molecule has 0 radical (unpaired) electrons. The number of oxazole rings is 1. The van der Waals surface area contributed by atoms with E-state index in [2.05, 4.69) is 9.97 Å². The minimum atomic E-state index is -0.0191. The van der Waals surface area contributed by atoms with Crippen molar-refractivity contribution < 1.29 is 4.42 Å². The van der Waals surface area contributed by atoms with Crippen LogP contribution < -0.4 is 5.56 Å². The maximum absolute atomic E-state index is 12.7. The van der Waals surface area contributed by atoms with Gasteiger partial charge in [0.15, 0.2) is 5.16 Å². The van der Waals surface area contributed by atoms with Gasteiger partial charge < -0.3 is 4.42 Å². The number of para-hydroxylation sites is 1. The number of hydrogen-bond acceptors (Lipinski definition) is 5. The molecule has 142 valence electrons. The zero-order valence-corrected chi connectivity index (χ0v) is 17.0. The van der Waals surface area contributed by atoms with Crippen molar-refractivity contribution in [1.29, 1.82) is 0 Å². The second-order valence-corrected chi connectivity index (χ2v) is 7.66. The molecular formula is C21H18ClN3O2S. The summed E-state index contributed by atoms with van der Waals surface area (Å²) in [6.45, 7) is 4.40. The molecule has 4 aromatic rings. The molecule has 0 atom stereocenters. The first-order valence-corrected chi connectivity index (χ1v) is 10.3. The lowest BCUT2D eigenvalue weighted by Gasteiger charge is -2.10. The molecule has 0 unspecified atom stereocenters. The number of benzene rings is 2. The monoisotopic (exact) mass is 411 g/mol. The van der Waals surface area contributed by atoms with E-state index in [-0.39, 0.29) is 5.56 Å². The summed E-state index contributed by atoms with van der Waals surface area (Å²) in [7, 11) is 0. The lowest BCUT2D eigenvalue weighted by molar-refractivity contribution is 0.540. The Morgan fingerprint density at radius 3 is 2.61 bits per heavy atom. The SMILES string of the molecule is CCn1c(SCc2nc(-c3ccc(Cl)cc3)oc2C)nc2ccccc2c1=O. The average molecular weight is 412 g/mol. The Bertz CT molecular complexity index is 1200. The number of thioether (sulfide) groups is 1. The van der Waals surface area contributed by atoms with E-state index in [4.69, 9.17) is 16.0 Å². The predicted octanol–water partition coefficient (Wildman–Crippen LogP) is 5.33. The van der Waals surface area contributed by atoms with Crippen LogP contribution in [0.25, 0.3) is 22.4 Å². The van der Waals surface area contributed by atoms with Gasteiger partial charge in [-0.3, -0.25) is 9.36 Å². The van der Waals surface area contributed by atoms with E-state index in [0.717, 1.165) is 17.0 Å². The largest absolute Gasteiger partial charge is 0.441 e. The zero-order valence-electron chi connectivity index (χ0n) is 15.5. The number of halogens is 1. The first kappa shape index (κ1) is 18.8. The summed E-state index contributed by atoms with van der Waals surface area (Å²) < 4.78 is 7.52. The first-order chi connectivity index (χ1) is 13.6. The molecule has 0 N–H and O–H groups in total. The molecule has 2 aromatic heterocycles. The van der Waals surface area contributed by atoms with Gasteiger partial charge in [0.1, 0.15) is 5.76 Å². The van der Waals surface area contributed by atoms with Crippen LogP contribution >= 0.6 is 23.4 Å². The Morgan fingerprint density at radius 1 is 1.11 bits per heavy atom. The van der Waals surface area contributed by atoms with Crippen molar-refractivity contribution in [1.82, 2.24) is 14.5 Å². The molecule has 0 aliphatic carbocycles. The van der Waals surface area contributed by atoms with Gasteiger partial charge >= 0.3 is 0 Å². The van der Waals surface area contributed by atoms with Gasteiger partial charge in [-0.2, -0.15) is 0 Å². The van der Waals surface area contributed by atoms with Crippen molar-refractivity contribution in [2.45, 2.75) is 31.3 Å². The molecule has 2 aromatic carbocycles. The molecule has 0 saturated carbocycles. The summed E-state index contributed by atoms with van der Waals surface area (Å²) in [5.41, 5.74) is 2.39. The van der Waals surface area contributed by atoms with E-state index in [9.17, 15) is 4.79 Å². The van der Waals surface area contributed by atoms with Crippen LogP contribution in [-0.2, 0) is 12.3 Å². The number of nitrogens with zero attached hydrogens (tertiary/aromatic N) is 3. The first-order valence-electron chi connectivity index (χ1n) is 8.91.